The Labute approximate surface area is 117 Å². The van der Waals surface area contributed by atoms with Gasteiger partial charge in [0.05, 0.1) is 10.2 Å². The van der Waals surface area contributed by atoms with Crippen molar-refractivity contribution >= 4 is 27.4 Å². The summed E-state index contributed by atoms with van der Waals surface area (Å²) in [5.74, 6) is 1.94. The second-order valence-electron chi connectivity index (χ2n) is 5.07. The molecule has 0 amide bonds. The maximum absolute atomic E-state index is 4.50. The van der Waals surface area contributed by atoms with Gasteiger partial charge < -0.3 is 10.2 Å². The Morgan fingerprint density at radius 3 is 3.00 bits per heavy atom. The smallest absolute Gasteiger partial charge is 0.150 e. The van der Waals surface area contributed by atoms with E-state index in [9.17, 15) is 0 Å². The zero-order valence-corrected chi connectivity index (χ0v) is 12.1. The van der Waals surface area contributed by atoms with E-state index in [-0.39, 0.29) is 0 Å². The lowest BCUT2D eigenvalue weighted by Gasteiger charge is -2.33. The summed E-state index contributed by atoms with van der Waals surface area (Å²) in [5.41, 5.74) is 1.07. The minimum absolute atomic E-state index is 0.817. The van der Waals surface area contributed by atoms with Crippen LogP contribution in [0.5, 0.6) is 0 Å². The van der Waals surface area contributed by atoms with Crippen LogP contribution in [0.15, 0.2) is 17.8 Å². The Kier molecular flexibility index (Phi) is 3.94. The van der Waals surface area contributed by atoms with Gasteiger partial charge in [0.15, 0.2) is 0 Å². The normalized spacial score (nSPS) is 17.2. The molecule has 3 rings (SSSR count). The van der Waals surface area contributed by atoms with E-state index in [4.69, 9.17) is 0 Å². The van der Waals surface area contributed by atoms with Gasteiger partial charge in [-0.25, -0.2) is 9.97 Å². The lowest BCUT2D eigenvalue weighted by atomic mass is 9.97. The molecular weight excluding hydrogens is 256 g/mol. The molecule has 3 heterocycles. The van der Waals surface area contributed by atoms with E-state index < -0.39 is 0 Å². The predicted molar refractivity (Wildman–Crippen MR) is 80.9 cm³/mol. The number of thiophene rings is 1. The molecule has 0 aliphatic carbocycles. The molecule has 0 aromatic carbocycles. The van der Waals surface area contributed by atoms with Crippen molar-refractivity contribution in [2.75, 3.05) is 31.1 Å². The van der Waals surface area contributed by atoms with Gasteiger partial charge in [-0.1, -0.05) is 6.92 Å². The van der Waals surface area contributed by atoms with Crippen LogP contribution in [-0.2, 0) is 0 Å². The molecule has 0 atom stereocenters. The minimum Gasteiger partial charge on any atom is -0.355 e. The fourth-order valence-electron chi connectivity index (χ4n) is 2.70. The van der Waals surface area contributed by atoms with Gasteiger partial charge in [-0.2, -0.15) is 0 Å². The van der Waals surface area contributed by atoms with E-state index in [0.717, 1.165) is 43.4 Å². The van der Waals surface area contributed by atoms with E-state index in [1.807, 2.05) is 0 Å². The summed E-state index contributed by atoms with van der Waals surface area (Å²) in [5, 5.41) is 5.55. The molecule has 0 bridgehead atoms. The summed E-state index contributed by atoms with van der Waals surface area (Å²) in [4.78, 5) is 11.2. The maximum atomic E-state index is 4.50. The summed E-state index contributed by atoms with van der Waals surface area (Å²) >= 11 is 1.74. The Hall–Kier alpha value is -1.20. The van der Waals surface area contributed by atoms with Crippen LogP contribution in [0, 0.1) is 5.92 Å². The van der Waals surface area contributed by atoms with Crippen LogP contribution in [0.1, 0.15) is 19.8 Å². The van der Waals surface area contributed by atoms with Crippen LogP contribution in [0.3, 0.4) is 0 Å². The predicted octanol–water partition coefficient (Wildman–Crippen LogP) is 2.52. The Balaban J connectivity index is 1.69. The summed E-state index contributed by atoms with van der Waals surface area (Å²) < 4.78 is 1.23. The second kappa shape index (κ2) is 5.84. The fraction of sp³-hybridized carbons (Fsp3) is 0.571. The van der Waals surface area contributed by atoms with E-state index in [1.165, 1.54) is 17.5 Å². The van der Waals surface area contributed by atoms with Gasteiger partial charge in [0.25, 0.3) is 0 Å². The zero-order valence-electron chi connectivity index (χ0n) is 11.3. The van der Waals surface area contributed by atoms with Gasteiger partial charge in [0.2, 0.25) is 0 Å². The summed E-state index contributed by atoms with van der Waals surface area (Å²) in [6.45, 7) is 6.62. The number of nitrogens with zero attached hydrogens (tertiary/aromatic N) is 3. The van der Waals surface area contributed by atoms with Gasteiger partial charge in [-0.05, 0) is 43.3 Å². The molecule has 4 nitrogen and oxygen atoms in total. The molecule has 19 heavy (non-hydrogen) atoms. The van der Waals surface area contributed by atoms with Crippen molar-refractivity contribution in [1.29, 1.82) is 0 Å². The van der Waals surface area contributed by atoms with Crippen molar-refractivity contribution in [1.82, 2.24) is 15.3 Å². The van der Waals surface area contributed by atoms with Gasteiger partial charge in [-0.15, -0.1) is 11.3 Å². The van der Waals surface area contributed by atoms with Crippen LogP contribution < -0.4 is 10.2 Å². The number of nitrogens with one attached hydrogen (secondary N) is 1. The monoisotopic (exact) mass is 276 g/mol. The average molecular weight is 276 g/mol. The maximum Gasteiger partial charge on any atom is 0.150 e. The largest absolute Gasteiger partial charge is 0.355 e. The molecule has 2 aromatic heterocycles. The summed E-state index contributed by atoms with van der Waals surface area (Å²) in [7, 11) is 0. The number of anilines is 1. The molecule has 0 unspecified atom stereocenters. The van der Waals surface area contributed by atoms with Crippen LogP contribution in [0.2, 0.25) is 0 Å². The van der Waals surface area contributed by atoms with Crippen LogP contribution >= 0.6 is 11.3 Å². The highest BCUT2D eigenvalue weighted by Gasteiger charge is 2.21. The van der Waals surface area contributed by atoms with E-state index >= 15 is 0 Å². The average Bonchev–Trinajstić information content (AvgIpc) is 2.94. The van der Waals surface area contributed by atoms with Gasteiger partial charge in [0.1, 0.15) is 12.1 Å². The molecule has 2 aromatic rings. The first kappa shape index (κ1) is 12.8. The van der Waals surface area contributed by atoms with E-state index in [0.29, 0.717) is 0 Å². The van der Waals surface area contributed by atoms with Gasteiger partial charge in [0, 0.05) is 13.1 Å². The highest BCUT2D eigenvalue weighted by molar-refractivity contribution is 7.17. The van der Waals surface area contributed by atoms with E-state index in [1.54, 1.807) is 17.7 Å². The third kappa shape index (κ3) is 2.72. The Morgan fingerprint density at radius 1 is 1.37 bits per heavy atom. The van der Waals surface area contributed by atoms with Gasteiger partial charge >= 0.3 is 0 Å². The number of piperidine rings is 1. The third-order valence-corrected chi connectivity index (χ3v) is 4.72. The molecule has 1 N–H and O–H groups in total. The molecule has 1 aliphatic heterocycles. The standard InChI is InChI=1S/C14H20N4S/c1-2-15-9-11-3-6-18(7-4-11)14-13-12(5-8-19-13)16-10-17-14/h5,8,10-11,15H,2-4,6-7,9H2,1H3. The number of hydrogen-bond donors (Lipinski definition) is 1. The highest BCUT2D eigenvalue weighted by Crippen LogP contribution is 2.30. The van der Waals surface area contributed by atoms with Gasteiger partial charge in [-0.3, -0.25) is 0 Å². The van der Waals surface area contributed by atoms with E-state index in [2.05, 4.69) is 38.6 Å². The third-order valence-electron chi connectivity index (χ3n) is 3.82. The topological polar surface area (TPSA) is 41.0 Å². The first-order chi connectivity index (χ1) is 9.38. The molecule has 0 spiro atoms. The molecular formula is C14H20N4S. The Morgan fingerprint density at radius 2 is 2.21 bits per heavy atom. The molecule has 0 radical (unpaired) electrons. The number of fused-ring (bicyclic) bond motifs is 1. The molecule has 1 aliphatic rings. The molecule has 1 saturated heterocycles. The molecule has 102 valence electrons. The SMILES string of the molecule is CCNCC1CCN(c2ncnc3ccsc23)CC1. The minimum atomic E-state index is 0.817. The highest BCUT2D eigenvalue weighted by atomic mass is 32.1. The second-order valence-corrected chi connectivity index (χ2v) is 5.99. The van der Waals surface area contributed by atoms with Crippen LogP contribution in [-0.4, -0.2) is 36.1 Å². The Bertz CT molecular complexity index is 531. The van der Waals surface area contributed by atoms with Crippen molar-refractivity contribution in [3.63, 3.8) is 0 Å². The van der Waals surface area contributed by atoms with Crippen molar-refractivity contribution < 1.29 is 0 Å². The summed E-state index contributed by atoms with van der Waals surface area (Å²) in [6, 6.07) is 2.07. The quantitative estimate of drug-likeness (QED) is 0.931. The number of aromatic nitrogens is 2. The molecule has 0 saturated carbocycles. The molecule has 1 fully saturated rings. The lowest BCUT2D eigenvalue weighted by molar-refractivity contribution is 0.386. The van der Waals surface area contributed by atoms with Crippen LogP contribution in [0.4, 0.5) is 5.82 Å². The molecule has 5 heteroatoms. The number of rotatable bonds is 4. The first-order valence-corrected chi connectivity index (χ1v) is 7.90. The number of hydrogen-bond acceptors (Lipinski definition) is 5. The van der Waals surface area contributed by atoms with Crippen molar-refractivity contribution in [3.05, 3.63) is 17.8 Å². The van der Waals surface area contributed by atoms with Crippen LogP contribution in [0.25, 0.3) is 10.2 Å². The fourth-order valence-corrected chi connectivity index (χ4v) is 3.56. The zero-order chi connectivity index (χ0) is 13.1. The van der Waals surface area contributed by atoms with Crippen molar-refractivity contribution in [2.24, 2.45) is 5.92 Å². The van der Waals surface area contributed by atoms with Crippen molar-refractivity contribution in [3.8, 4) is 0 Å². The lowest BCUT2D eigenvalue weighted by Crippen LogP contribution is -2.37. The first-order valence-electron chi connectivity index (χ1n) is 7.02. The summed E-state index contributed by atoms with van der Waals surface area (Å²) in [6.07, 6.45) is 4.20. The van der Waals surface area contributed by atoms with Crippen molar-refractivity contribution in [2.45, 2.75) is 19.8 Å².